The molecule has 372 valence electrons. The topological polar surface area (TPSA) is 282 Å². The predicted octanol–water partition coefficient (Wildman–Crippen LogP) is 6.22. The third kappa shape index (κ3) is 12.8. The SMILES string of the molecule is CCCCCCCCCCOc1ccc(C(=O)Oc2ccc(CSP3(=O)OC[C@H]4O[C@@H](n5cnc6c(N)ncnc65)C[C@@H]4OP(=O)([O-])OC[C@H]4O[C@@H](n5ccc(=O)[nH]c5=O)[C@H](OC)[C@@H]4O3)cc2)cc1. The van der Waals surface area contributed by atoms with Gasteiger partial charge in [0.05, 0.1) is 37.8 Å². The van der Waals surface area contributed by atoms with Crippen LogP contribution in [-0.2, 0) is 47.2 Å². The molecule has 0 spiro atoms. The van der Waals surface area contributed by atoms with E-state index < -0.39 is 88.0 Å². The minimum atomic E-state index is -5.14. The number of carbonyl (C=O) groups is 1. The van der Waals surface area contributed by atoms with E-state index in [0.717, 1.165) is 34.9 Å². The van der Waals surface area contributed by atoms with Crippen LogP contribution in [0.5, 0.6) is 11.5 Å². The number of H-pyrrole nitrogens is 1. The Balaban J connectivity index is 0.953. The molecule has 6 heterocycles. The highest BCUT2D eigenvalue weighted by molar-refractivity contribution is 8.54. The van der Waals surface area contributed by atoms with Gasteiger partial charge in [-0.1, -0.05) is 64.0 Å². The monoisotopic (exact) mass is 1010 g/mol. The van der Waals surface area contributed by atoms with Crippen LogP contribution in [0.3, 0.4) is 0 Å². The van der Waals surface area contributed by atoms with Crippen molar-refractivity contribution < 1.29 is 60.6 Å². The number of hydrogen-bond acceptors (Lipinski definition) is 20. The van der Waals surface area contributed by atoms with E-state index in [9.17, 15) is 23.8 Å². The molecular weight excluding hydrogens is 961 g/mol. The first-order valence-corrected chi connectivity index (χ1v) is 27.2. The summed E-state index contributed by atoms with van der Waals surface area (Å²) < 4.78 is 84.0. The van der Waals surface area contributed by atoms with Crippen molar-refractivity contribution in [3.05, 3.63) is 105 Å². The summed E-state index contributed by atoms with van der Waals surface area (Å²) in [7, 11) is -3.85. The van der Waals surface area contributed by atoms with Crippen LogP contribution in [0.4, 0.5) is 5.82 Å². The molecule has 3 aliphatic rings. The van der Waals surface area contributed by atoms with Gasteiger partial charge in [-0.3, -0.25) is 32.5 Å². The van der Waals surface area contributed by atoms with Gasteiger partial charge in [0.25, 0.3) is 13.4 Å². The number of unbranched alkanes of at least 4 members (excludes halogenated alkanes) is 7. The van der Waals surface area contributed by atoms with Gasteiger partial charge in [0.1, 0.15) is 54.0 Å². The zero-order valence-electron chi connectivity index (χ0n) is 37.9. The number of methoxy groups -OCH3 is 1. The van der Waals surface area contributed by atoms with Crippen molar-refractivity contribution >= 4 is 49.0 Å². The van der Waals surface area contributed by atoms with E-state index in [-0.39, 0.29) is 23.7 Å². The van der Waals surface area contributed by atoms with Crippen molar-refractivity contribution in [3.8, 4) is 11.5 Å². The molecule has 69 heavy (non-hydrogen) atoms. The molecule has 9 atom stereocenters. The van der Waals surface area contributed by atoms with Gasteiger partial charge >= 0.3 is 18.5 Å². The number of hydrogen-bond donors (Lipinski definition) is 2. The number of benzene rings is 2. The summed E-state index contributed by atoms with van der Waals surface area (Å²) in [6.45, 7) is -2.79. The fraction of sp³-hybridized carbons (Fsp3) is 0.500. The lowest BCUT2D eigenvalue weighted by atomic mass is 10.1. The van der Waals surface area contributed by atoms with Crippen molar-refractivity contribution in [2.75, 3.05) is 32.7 Å². The van der Waals surface area contributed by atoms with E-state index >= 15 is 4.57 Å². The summed E-state index contributed by atoms with van der Waals surface area (Å²) in [4.78, 5) is 65.9. The minimum Gasteiger partial charge on any atom is -0.756 e. The Morgan fingerprint density at radius 1 is 0.870 bits per heavy atom. The number of carbonyl (C=O) groups excluding carboxylic acids is 1. The first-order valence-electron chi connectivity index (χ1n) is 22.7. The maximum absolute atomic E-state index is 15.1. The van der Waals surface area contributed by atoms with Crippen LogP contribution in [0, 0.1) is 0 Å². The Kier molecular flexibility index (Phi) is 16.9. The molecule has 3 fully saturated rings. The Morgan fingerprint density at radius 2 is 1.59 bits per heavy atom. The molecule has 0 radical (unpaired) electrons. The average molecular weight is 1010 g/mol. The summed E-state index contributed by atoms with van der Waals surface area (Å²) in [5.41, 5.74) is 6.04. The number of imidazole rings is 1. The quantitative estimate of drug-likeness (QED) is 0.0426. The van der Waals surface area contributed by atoms with Gasteiger partial charge in [-0.15, -0.1) is 0 Å². The van der Waals surface area contributed by atoms with Crippen molar-refractivity contribution in [2.45, 2.75) is 113 Å². The van der Waals surface area contributed by atoms with Crippen LogP contribution >= 0.6 is 26.0 Å². The number of nitrogens with zero attached hydrogens (tertiary/aromatic N) is 5. The van der Waals surface area contributed by atoms with E-state index in [1.807, 2.05) is 0 Å². The average Bonchev–Trinajstić information content (AvgIpc) is 4.04. The Bertz CT molecular complexity index is 2740. The summed E-state index contributed by atoms with van der Waals surface area (Å²) in [5.74, 6) is 0.525. The second-order valence-corrected chi connectivity index (χ2v) is 22.0. The number of aromatic amines is 1. The Hall–Kier alpha value is -4.77. The number of phosphoric acid groups is 1. The molecular formula is C44H54N7O15P2S-. The smallest absolute Gasteiger partial charge is 0.389 e. The van der Waals surface area contributed by atoms with E-state index in [1.54, 1.807) is 48.5 Å². The highest BCUT2D eigenvalue weighted by Gasteiger charge is 2.52. The number of fused-ring (bicyclic) bond motifs is 3. The van der Waals surface area contributed by atoms with Crippen LogP contribution in [0.15, 0.2) is 83.0 Å². The first-order chi connectivity index (χ1) is 33.3. The second kappa shape index (κ2) is 23.0. The lowest BCUT2D eigenvalue weighted by Gasteiger charge is -2.32. The molecule has 5 aromatic rings. The molecule has 3 aliphatic heterocycles. The maximum atomic E-state index is 15.1. The molecule has 0 amide bonds. The van der Waals surface area contributed by atoms with E-state index in [4.69, 9.17) is 47.5 Å². The summed E-state index contributed by atoms with van der Waals surface area (Å²) in [6, 6.07) is 14.4. The second-order valence-electron chi connectivity index (χ2n) is 16.6. The number of nitrogens with two attached hydrogens (primary N) is 1. The summed E-state index contributed by atoms with van der Waals surface area (Å²) in [6.07, 6.45) is 4.84. The number of rotatable bonds is 18. The number of nitrogen functional groups attached to an aromatic ring is 1. The van der Waals surface area contributed by atoms with E-state index in [0.29, 0.717) is 34.6 Å². The molecule has 25 heteroatoms. The number of ether oxygens (including phenoxy) is 5. The van der Waals surface area contributed by atoms with Crippen LogP contribution in [0.1, 0.15) is 93.1 Å². The fourth-order valence-corrected chi connectivity index (χ4v) is 12.5. The number of anilines is 1. The van der Waals surface area contributed by atoms with Gasteiger partial charge in [0, 0.05) is 31.5 Å². The Morgan fingerprint density at radius 3 is 2.33 bits per heavy atom. The largest absolute Gasteiger partial charge is 0.756 e. The highest BCUT2D eigenvalue weighted by atomic mass is 32.7. The van der Waals surface area contributed by atoms with Crippen molar-refractivity contribution in [1.82, 2.24) is 29.1 Å². The molecule has 8 rings (SSSR count). The molecule has 3 N–H and O–H groups in total. The van der Waals surface area contributed by atoms with Gasteiger partial charge in [-0.2, -0.15) is 0 Å². The predicted molar refractivity (Wildman–Crippen MR) is 248 cm³/mol. The van der Waals surface area contributed by atoms with Crippen molar-refractivity contribution in [1.29, 1.82) is 0 Å². The van der Waals surface area contributed by atoms with Crippen LogP contribution in [-0.4, -0.2) is 92.5 Å². The third-order valence-corrected chi connectivity index (χ3v) is 16.4. The van der Waals surface area contributed by atoms with Crippen LogP contribution in [0.25, 0.3) is 11.2 Å². The zero-order chi connectivity index (χ0) is 48.5. The van der Waals surface area contributed by atoms with E-state index in [2.05, 4.69) is 26.9 Å². The number of aromatic nitrogens is 6. The number of phosphoric ester groups is 1. The lowest BCUT2D eigenvalue weighted by Crippen LogP contribution is -2.40. The van der Waals surface area contributed by atoms with Gasteiger partial charge in [0.2, 0.25) is 0 Å². The van der Waals surface area contributed by atoms with Crippen LogP contribution in [0.2, 0.25) is 0 Å². The summed E-state index contributed by atoms with van der Waals surface area (Å²) in [5, 5.41) is 0. The van der Waals surface area contributed by atoms with Gasteiger partial charge in [-0.05, 0) is 59.8 Å². The van der Waals surface area contributed by atoms with Gasteiger partial charge in [-0.25, -0.2) is 29.1 Å². The summed E-state index contributed by atoms with van der Waals surface area (Å²) >= 11 is 0.798. The van der Waals surface area contributed by atoms with Crippen molar-refractivity contribution in [2.24, 2.45) is 0 Å². The first kappa shape index (κ1) is 50.6. The number of esters is 1. The zero-order valence-corrected chi connectivity index (χ0v) is 40.5. The normalized spacial score (nSPS) is 27.3. The van der Waals surface area contributed by atoms with Crippen LogP contribution < -0.4 is 31.3 Å². The minimum absolute atomic E-state index is 0.0348. The Labute approximate surface area is 400 Å². The molecule has 2 unspecified atom stereocenters. The molecule has 3 saturated heterocycles. The van der Waals surface area contributed by atoms with Crippen molar-refractivity contribution in [3.63, 3.8) is 0 Å². The van der Waals surface area contributed by atoms with Gasteiger partial charge in [0.15, 0.2) is 17.7 Å². The number of nitrogens with one attached hydrogen (secondary N) is 1. The lowest BCUT2D eigenvalue weighted by molar-refractivity contribution is -0.234. The molecule has 2 aromatic carbocycles. The molecule has 0 saturated carbocycles. The van der Waals surface area contributed by atoms with E-state index in [1.165, 1.54) is 69.1 Å². The highest BCUT2D eigenvalue weighted by Crippen LogP contribution is 2.64. The molecule has 0 aliphatic carbocycles. The van der Waals surface area contributed by atoms with Gasteiger partial charge < -0.3 is 43.4 Å². The molecule has 22 nitrogen and oxygen atoms in total. The standard InChI is InChI=1S/C44H55N7O15P2S/c1-3-4-5-6-7-8-9-10-21-59-30-17-13-29(14-18-30)43(53)62-31-15-11-28(12-16-31)25-69-68(57)61-23-33-32(22-36(63-33)51-27-48-37-40(45)46-26-47-41(37)51)65-67(55,56)60-24-34-38(66-68)39(58-2)42(64-34)50-20-19-35(52)49-44(50)54/h11-20,26-27,32-34,36,38-39,42H,3-10,21-25H2,1-2H3,(H,55,56)(H2,45,46,47)(H,49,52,54)/p-1/t32-,33+,34+,36+,38+,39+,42+,68?/m0/s1. The molecule has 3 aromatic heterocycles. The third-order valence-electron chi connectivity index (χ3n) is 11.7. The molecule has 0 bridgehead atoms. The maximum Gasteiger partial charge on any atom is 0.389 e. The fourth-order valence-electron chi connectivity index (χ4n) is 8.14.